The second-order valence-corrected chi connectivity index (χ2v) is 5.85. The highest BCUT2D eigenvalue weighted by Gasteiger charge is 2.16. The number of fused-ring (bicyclic) bond motifs is 7. The second kappa shape index (κ2) is 4.08. The van der Waals surface area contributed by atoms with Crippen LogP contribution < -0.4 is 5.46 Å². The van der Waals surface area contributed by atoms with Gasteiger partial charge in [-0.05, 0) is 30.3 Å². The third-order valence-corrected chi connectivity index (χ3v) is 4.29. The predicted octanol–water partition coefficient (Wildman–Crippen LogP) is 4.93. The van der Waals surface area contributed by atoms with Crippen LogP contribution in [0.3, 0.4) is 0 Å². The summed E-state index contributed by atoms with van der Waals surface area (Å²) in [7, 11) is 5.85. The van der Waals surface area contributed by atoms with Crippen molar-refractivity contribution in [2.75, 3.05) is 0 Å². The van der Waals surface area contributed by atoms with Crippen molar-refractivity contribution in [3.8, 4) is 0 Å². The van der Waals surface area contributed by atoms with Gasteiger partial charge in [-0.2, -0.15) is 0 Å². The van der Waals surface area contributed by atoms with E-state index < -0.39 is 0 Å². The molecule has 0 N–H and O–H groups in total. The van der Waals surface area contributed by atoms with Crippen LogP contribution in [0.25, 0.3) is 43.9 Å². The SMILES string of the molecule is [B]c1ccc2c(c1)oc1ccc3oc4cc(Cl)ccc4c3c12. The fourth-order valence-electron chi connectivity index (χ4n) is 3.12. The first-order valence-corrected chi connectivity index (χ1v) is 7.31. The van der Waals surface area contributed by atoms with Crippen LogP contribution in [0.5, 0.6) is 0 Å². The van der Waals surface area contributed by atoms with E-state index >= 15 is 0 Å². The van der Waals surface area contributed by atoms with Crippen LogP contribution in [0.1, 0.15) is 0 Å². The van der Waals surface area contributed by atoms with E-state index in [2.05, 4.69) is 0 Å². The van der Waals surface area contributed by atoms with Crippen LogP contribution in [0.4, 0.5) is 0 Å². The molecule has 0 saturated carbocycles. The summed E-state index contributed by atoms with van der Waals surface area (Å²) in [5, 5.41) is 4.82. The Kier molecular flexibility index (Phi) is 2.26. The minimum absolute atomic E-state index is 0.660. The zero-order valence-electron chi connectivity index (χ0n) is 11.4. The van der Waals surface area contributed by atoms with Gasteiger partial charge in [0, 0.05) is 32.6 Å². The molecule has 102 valence electrons. The summed E-state index contributed by atoms with van der Waals surface area (Å²) < 4.78 is 11.9. The summed E-state index contributed by atoms with van der Waals surface area (Å²) in [6.07, 6.45) is 0. The molecule has 2 heterocycles. The maximum atomic E-state index is 6.06. The van der Waals surface area contributed by atoms with Crippen LogP contribution in [-0.2, 0) is 0 Å². The molecule has 0 atom stereocenters. The third-order valence-electron chi connectivity index (χ3n) is 4.06. The van der Waals surface area contributed by atoms with Crippen LogP contribution in [0.2, 0.25) is 5.02 Å². The highest BCUT2D eigenvalue weighted by molar-refractivity contribution is 6.34. The van der Waals surface area contributed by atoms with Crippen LogP contribution in [-0.4, -0.2) is 7.85 Å². The predicted molar refractivity (Wildman–Crippen MR) is 91.4 cm³/mol. The van der Waals surface area contributed by atoms with Gasteiger partial charge >= 0.3 is 0 Å². The molecule has 3 aromatic carbocycles. The van der Waals surface area contributed by atoms with Gasteiger partial charge < -0.3 is 8.83 Å². The van der Waals surface area contributed by atoms with Gasteiger partial charge in [-0.15, -0.1) is 0 Å². The van der Waals surface area contributed by atoms with E-state index in [0.29, 0.717) is 10.5 Å². The molecule has 0 bridgehead atoms. The van der Waals surface area contributed by atoms with E-state index in [-0.39, 0.29) is 0 Å². The molecule has 0 spiro atoms. The lowest BCUT2D eigenvalue weighted by Gasteiger charge is -1.94. The molecule has 2 nitrogen and oxygen atoms in total. The molecule has 0 unspecified atom stereocenters. The van der Waals surface area contributed by atoms with Gasteiger partial charge in [-0.1, -0.05) is 29.2 Å². The molecule has 22 heavy (non-hydrogen) atoms. The largest absolute Gasteiger partial charge is 0.456 e. The summed E-state index contributed by atoms with van der Waals surface area (Å²) in [5.74, 6) is 0. The van der Waals surface area contributed by atoms with E-state index in [9.17, 15) is 0 Å². The molecule has 0 aliphatic heterocycles. The number of benzene rings is 3. The van der Waals surface area contributed by atoms with Gasteiger partial charge in [0.1, 0.15) is 30.2 Å². The van der Waals surface area contributed by atoms with Crippen molar-refractivity contribution >= 4 is 68.8 Å². The Hall–Kier alpha value is -2.39. The summed E-state index contributed by atoms with van der Waals surface area (Å²) in [4.78, 5) is 0. The standard InChI is InChI=1S/C18H8BClO2/c19-9-1-3-11-15(7-9)21-13-5-6-14-18(17(11)13)12-4-2-10(20)8-16(12)22-14/h1-8H. The zero-order chi connectivity index (χ0) is 14.8. The molecule has 0 aliphatic rings. The molecule has 0 saturated heterocycles. The van der Waals surface area contributed by atoms with Crippen molar-refractivity contribution in [3.63, 3.8) is 0 Å². The Bertz CT molecular complexity index is 1100. The molecule has 4 heteroatoms. The highest BCUT2D eigenvalue weighted by Crippen LogP contribution is 2.39. The lowest BCUT2D eigenvalue weighted by atomic mass is 9.95. The average Bonchev–Trinajstić information content (AvgIpc) is 3.02. The van der Waals surface area contributed by atoms with Gasteiger partial charge in [-0.3, -0.25) is 0 Å². The summed E-state index contributed by atoms with van der Waals surface area (Å²) in [6, 6.07) is 15.3. The minimum Gasteiger partial charge on any atom is -0.456 e. The molecule has 2 radical (unpaired) electrons. The van der Waals surface area contributed by atoms with Crippen LogP contribution in [0, 0.1) is 0 Å². The first kappa shape index (κ1) is 12.2. The number of hydrogen-bond acceptors (Lipinski definition) is 2. The summed E-state index contributed by atoms with van der Waals surface area (Å²) in [5.41, 5.74) is 3.90. The van der Waals surface area contributed by atoms with Crippen molar-refractivity contribution in [1.29, 1.82) is 0 Å². The topological polar surface area (TPSA) is 26.3 Å². The molecule has 5 rings (SSSR count). The Morgan fingerprint density at radius 2 is 1.27 bits per heavy atom. The molecule has 5 aromatic rings. The van der Waals surface area contributed by atoms with E-state index in [1.54, 1.807) is 0 Å². The monoisotopic (exact) mass is 302 g/mol. The lowest BCUT2D eigenvalue weighted by molar-refractivity contribution is 0.663. The maximum absolute atomic E-state index is 6.06. The number of rotatable bonds is 0. The Morgan fingerprint density at radius 3 is 1.95 bits per heavy atom. The van der Waals surface area contributed by atoms with Crippen molar-refractivity contribution in [3.05, 3.63) is 53.6 Å². The van der Waals surface area contributed by atoms with Crippen molar-refractivity contribution in [2.45, 2.75) is 0 Å². The highest BCUT2D eigenvalue weighted by atomic mass is 35.5. The normalized spacial score (nSPS) is 12.0. The first-order chi connectivity index (χ1) is 10.7. The minimum atomic E-state index is 0.660. The van der Waals surface area contributed by atoms with Gasteiger partial charge in [0.2, 0.25) is 0 Å². The van der Waals surface area contributed by atoms with E-state index in [4.69, 9.17) is 28.3 Å². The Labute approximate surface area is 131 Å². The van der Waals surface area contributed by atoms with Crippen molar-refractivity contribution < 1.29 is 8.83 Å². The van der Waals surface area contributed by atoms with Gasteiger partial charge in [0.05, 0.1) is 0 Å². The lowest BCUT2D eigenvalue weighted by Crippen LogP contribution is -1.98. The van der Waals surface area contributed by atoms with Crippen LogP contribution in [0.15, 0.2) is 57.4 Å². The second-order valence-electron chi connectivity index (χ2n) is 5.41. The molecule has 0 aliphatic carbocycles. The Morgan fingerprint density at radius 1 is 0.682 bits per heavy atom. The van der Waals surface area contributed by atoms with Gasteiger partial charge in [-0.25, -0.2) is 0 Å². The third kappa shape index (κ3) is 1.52. The average molecular weight is 303 g/mol. The van der Waals surface area contributed by atoms with Crippen molar-refractivity contribution in [1.82, 2.24) is 0 Å². The Balaban J connectivity index is 2.10. The molecular formula is C18H8BClO2. The smallest absolute Gasteiger partial charge is 0.136 e. The number of hydrogen-bond donors (Lipinski definition) is 0. The molecular weight excluding hydrogens is 294 g/mol. The molecule has 0 amide bonds. The van der Waals surface area contributed by atoms with Gasteiger partial charge in [0.25, 0.3) is 0 Å². The first-order valence-electron chi connectivity index (χ1n) is 6.93. The number of halogens is 1. The molecule has 0 fully saturated rings. The van der Waals surface area contributed by atoms with Crippen LogP contribution >= 0.6 is 11.6 Å². The fourth-order valence-corrected chi connectivity index (χ4v) is 3.29. The number of furan rings is 2. The maximum Gasteiger partial charge on any atom is 0.136 e. The van der Waals surface area contributed by atoms with E-state index in [1.807, 2.05) is 48.5 Å². The van der Waals surface area contributed by atoms with E-state index in [0.717, 1.165) is 43.9 Å². The zero-order valence-corrected chi connectivity index (χ0v) is 12.1. The fraction of sp³-hybridized carbons (Fsp3) is 0. The molecule has 2 aromatic heterocycles. The quantitative estimate of drug-likeness (QED) is 0.379. The van der Waals surface area contributed by atoms with Gasteiger partial charge in [0.15, 0.2) is 0 Å². The van der Waals surface area contributed by atoms with E-state index in [1.165, 1.54) is 0 Å². The van der Waals surface area contributed by atoms with Crippen molar-refractivity contribution in [2.24, 2.45) is 0 Å². The summed E-state index contributed by atoms with van der Waals surface area (Å²) >= 11 is 6.06. The summed E-state index contributed by atoms with van der Waals surface area (Å²) in [6.45, 7) is 0.